The molecule has 1 aliphatic heterocycles. The van der Waals surface area contributed by atoms with Crippen molar-refractivity contribution in [2.75, 3.05) is 18.4 Å². The fraction of sp³-hybridized carbons (Fsp3) is 0.500. The third kappa shape index (κ3) is 6.91. The second-order valence-corrected chi connectivity index (χ2v) is 8.47. The largest absolute Gasteiger partial charge is 0.444 e. The van der Waals surface area contributed by atoms with Gasteiger partial charge in [0.05, 0.1) is 11.4 Å². The van der Waals surface area contributed by atoms with Gasteiger partial charge in [0.15, 0.2) is 5.96 Å². The number of benzene rings is 1. The Bertz CT molecular complexity index is 762. The molecule has 0 radical (unpaired) electrons. The van der Waals surface area contributed by atoms with Crippen molar-refractivity contribution in [1.29, 1.82) is 0 Å². The van der Waals surface area contributed by atoms with Crippen LogP contribution in [0.4, 0.5) is 16.2 Å². The fourth-order valence-electron chi connectivity index (χ4n) is 2.75. The molecule has 0 bridgehead atoms. The first-order valence-corrected chi connectivity index (χ1v) is 9.80. The van der Waals surface area contributed by atoms with Crippen LogP contribution < -0.4 is 22.5 Å². The summed E-state index contributed by atoms with van der Waals surface area (Å²) in [6.07, 6.45) is 1.31. The first-order chi connectivity index (χ1) is 13.0. The molecule has 9 nitrogen and oxygen atoms in total. The second kappa shape index (κ2) is 9.13. The highest BCUT2D eigenvalue weighted by Gasteiger charge is 2.27. The number of guanidine groups is 2. The molecule has 2 rings (SSSR count). The van der Waals surface area contributed by atoms with Gasteiger partial charge in [-0.15, -0.1) is 0 Å². The lowest BCUT2D eigenvalue weighted by Crippen LogP contribution is -2.44. The van der Waals surface area contributed by atoms with E-state index in [4.69, 9.17) is 21.9 Å². The number of hydrogen-bond donors (Lipinski definition) is 4. The van der Waals surface area contributed by atoms with Crippen molar-refractivity contribution in [2.45, 2.75) is 45.3 Å². The number of halogens is 1. The fourth-order valence-corrected chi connectivity index (χ4v) is 3.10. The Morgan fingerprint density at radius 3 is 2.46 bits per heavy atom. The smallest absolute Gasteiger partial charge is 0.410 e. The molecule has 28 heavy (non-hydrogen) atoms. The molecule has 1 saturated heterocycles. The van der Waals surface area contributed by atoms with Gasteiger partial charge < -0.3 is 32.2 Å². The average Bonchev–Trinajstić information content (AvgIpc) is 2.55. The van der Waals surface area contributed by atoms with Crippen LogP contribution in [0.1, 0.15) is 33.6 Å². The van der Waals surface area contributed by atoms with Gasteiger partial charge in [-0.3, -0.25) is 0 Å². The van der Waals surface area contributed by atoms with Crippen LogP contribution in [0, 0.1) is 0 Å². The first-order valence-electron chi connectivity index (χ1n) is 9.01. The van der Waals surface area contributed by atoms with E-state index in [1.807, 2.05) is 39.0 Å². The van der Waals surface area contributed by atoms with E-state index in [1.54, 1.807) is 4.90 Å². The molecular formula is C18H28BrN7O2. The highest BCUT2D eigenvalue weighted by molar-refractivity contribution is 9.10. The molecule has 0 atom stereocenters. The van der Waals surface area contributed by atoms with Gasteiger partial charge in [-0.05, 0) is 51.8 Å². The van der Waals surface area contributed by atoms with E-state index in [0.29, 0.717) is 18.8 Å². The van der Waals surface area contributed by atoms with Gasteiger partial charge in [-0.25, -0.2) is 9.79 Å². The van der Waals surface area contributed by atoms with Crippen LogP contribution in [-0.2, 0) is 4.74 Å². The number of likely N-dealkylation sites (tertiary alicyclic amines) is 1. The van der Waals surface area contributed by atoms with E-state index >= 15 is 0 Å². The lowest BCUT2D eigenvalue weighted by molar-refractivity contribution is 0.0210. The number of hydrogen-bond acceptors (Lipinski definition) is 4. The number of anilines is 1. The lowest BCUT2D eigenvalue weighted by atomic mass is 10.0. The third-order valence-electron chi connectivity index (χ3n) is 3.94. The summed E-state index contributed by atoms with van der Waals surface area (Å²) < 4.78 is 6.29. The molecule has 1 heterocycles. The van der Waals surface area contributed by atoms with Crippen molar-refractivity contribution in [1.82, 2.24) is 4.90 Å². The summed E-state index contributed by atoms with van der Waals surface area (Å²) in [6.45, 7) is 6.84. The molecule has 10 heteroatoms. The number of nitrogens with two attached hydrogens (primary N) is 3. The van der Waals surface area contributed by atoms with Crippen molar-refractivity contribution in [3.05, 3.63) is 22.7 Å². The van der Waals surface area contributed by atoms with Gasteiger partial charge in [0.2, 0.25) is 5.96 Å². The standard InChI is InChI=1S/C18H28BrN7O2/c1-18(2,3)28-17(27)26-8-6-12(7-9-26)23-13-5-4-11(19)10-14(13)24-16(22)25-15(20)21/h4-5,10,12,23H,6-9H2,1-3H3,(H6,20,21,22,24,25). The number of piperidine rings is 1. The summed E-state index contributed by atoms with van der Waals surface area (Å²) in [4.78, 5) is 22.0. The van der Waals surface area contributed by atoms with Crippen LogP contribution in [0.5, 0.6) is 0 Å². The van der Waals surface area contributed by atoms with Crippen LogP contribution in [0.25, 0.3) is 0 Å². The van der Waals surface area contributed by atoms with E-state index in [9.17, 15) is 4.79 Å². The molecule has 1 aromatic rings. The van der Waals surface area contributed by atoms with Gasteiger partial charge in [0, 0.05) is 23.6 Å². The molecule has 0 aromatic heterocycles. The molecule has 0 unspecified atom stereocenters. The van der Waals surface area contributed by atoms with E-state index in [0.717, 1.165) is 23.0 Å². The van der Waals surface area contributed by atoms with Crippen molar-refractivity contribution in [3.8, 4) is 0 Å². The predicted molar refractivity (Wildman–Crippen MR) is 116 cm³/mol. The summed E-state index contributed by atoms with van der Waals surface area (Å²) in [7, 11) is 0. The highest BCUT2D eigenvalue weighted by Crippen LogP contribution is 2.30. The normalized spacial score (nSPS) is 15.9. The third-order valence-corrected chi connectivity index (χ3v) is 4.44. The maximum atomic E-state index is 12.2. The Labute approximate surface area is 173 Å². The Balaban J connectivity index is 2.04. The van der Waals surface area contributed by atoms with Gasteiger partial charge >= 0.3 is 6.09 Å². The van der Waals surface area contributed by atoms with Crippen LogP contribution >= 0.6 is 15.9 Å². The number of nitrogens with one attached hydrogen (secondary N) is 1. The molecule has 0 spiro atoms. The van der Waals surface area contributed by atoms with E-state index < -0.39 is 5.60 Å². The van der Waals surface area contributed by atoms with Crippen molar-refractivity contribution >= 4 is 45.3 Å². The first kappa shape index (κ1) is 21.8. The molecule has 1 fully saturated rings. The van der Waals surface area contributed by atoms with Crippen LogP contribution in [0.3, 0.4) is 0 Å². The molecule has 0 aliphatic carbocycles. The molecule has 0 saturated carbocycles. The van der Waals surface area contributed by atoms with E-state index in [-0.39, 0.29) is 24.1 Å². The monoisotopic (exact) mass is 453 g/mol. The number of carbonyl (C=O) groups is 1. The number of amides is 1. The minimum Gasteiger partial charge on any atom is -0.444 e. The van der Waals surface area contributed by atoms with Gasteiger partial charge in [-0.1, -0.05) is 15.9 Å². The van der Waals surface area contributed by atoms with Crippen molar-refractivity contribution in [2.24, 2.45) is 27.2 Å². The number of aliphatic imine (C=N–C) groups is 2. The quantitative estimate of drug-likeness (QED) is 0.408. The molecule has 1 amide bonds. The van der Waals surface area contributed by atoms with E-state index in [1.165, 1.54) is 0 Å². The Morgan fingerprint density at radius 2 is 1.89 bits per heavy atom. The maximum absolute atomic E-state index is 12.2. The minimum absolute atomic E-state index is 0.0269. The lowest BCUT2D eigenvalue weighted by Gasteiger charge is -2.34. The molecule has 1 aromatic carbocycles. The minimum atomic E-state index is -0.494. The summed E-state index contributed by atoms with van der Waals surface area (Å²) in [6, 6.07) is 5.84. The van der Waals surface area contributed by atoms with Crippen LogP contribution in [0.2, 0.25) is 0 Å². The SMILES string of the molecule is CC(C)(C)OC(=O)N1CCC(Nc2ccc(Br)cc2N=C(N)N=C(N)N)CC1. The average molecular weight is 454 g/mol. The Morgan fingerprint density at radius 1 is 1.25 bits per heavy atom. The van der Waals surface area contributed by atoms with E-state index in [2.05, 4.69) is 31.2 Å². The number of ether oxygens (including phenoxy) is 1. The molecule has 154 valence electrons. The topological polar surface area (TPSA) is 144 Å². The van der Waals surface area contributed by atoms with Crippen molar-refractivity contribution in [3.63, 3.8) is 0 Å². The maximum Gasteiger partial charge on any atom is 0.410 e. The van der Waals surface area contributed by atoms with Gasteiger partial charge in [0.25, 0.3) is 0 Å². The zero-order valence-corrected chi connectivity index (χ0v) is 18.0. The Hall–Kier alpha value is -2.49. The Kier molecular flexibility index (Phi) is 7.11. The predicted octanol–water partition coefficient (Wildman–Crippen LogP) is 2.48. The van der Waals surface area contributed by atoms with Crippen LogP contribution in [-0.4, -0.2) is 47.6 Å². The number of nitrogens with zero attached hydrogens (tertiary/aromatic N) is 3. The second-order valence-electron chi connectivity index (χ2n) is 7.55. The summed E-state index contributed by atoms with van der Waals surface area (Å²) in [5, 5.41) is 3.47. The molecule has 1 aliphatic rings. The molecule has 7 N–H and O–H groups in total. The number of carbonyl (C=O) groups excluding carboxylic acids is 1. The summed E-state index contributed by atoms with van der Waals surface area (Å²) in [5.41, 5.74) is 17.4. The molecular weight excluding hydrogens is 426 g/mol. The van der Waals surface area contributed by atoms with Gasteiger partial charge in [0.1, 0.15) is 5.60 Å². The zero-order chi connectivity index (χ0) is 20.9. The van der Waals surface area contributed by atoms with Gasteiger partial charge in [-0.2, -0.15) is 4.99 Å². The number of rotatable bonds is 3. The summed E-state index contributed by atoms with van der Waals surface area (Å²) >= 11 is 3.43. The zero-order valence-electron chi connectivity index (χ0n) is 16.4. The van der Waals surface area contributed by atoms with Crippen LogP contribution in [0.15, 0.2) is 32.7 Å². The van der Waals surface area contributed by atoms with Crippen molar-refractivity contribution < 1.29 is 9.53 Å². The summed E-state index contributed by atoms with van der Waals surface area (Å²) in [5.74, 6) is -0.179. The highest BCUT2D eigenvalue weighted by atomic mass is 79.9.